The Hall–Kier alpha value is 0.723. The smallest absolute Gasteiger partial charge is 0.0512 e. The van der Waals surface area contributed by atoms with Crippen molar-refractivity contribution in [3.63, 3.8) is 0 Å². The van der Waals surface area contributed by atoms with Gasteiger partial charge >= 0.3 is 0 Å². The monoisotopic (exact) mass is 442 g/mol. The van der Waals surface area contributed by atoms with Gasteiger partial charge < -0.3 is 20.4 Å². The average molecular weight is 444 g/mol. The molecule has 0 spiro atoms. The quantitative estimate of drug-likeness (QED) is 0.439. The summed E-state index contributed by atoms with van der Waals surface area (Å²) in [5.41, 5.74) is 0. The first kappa shape index (κ1) is 36.6. The maximum atomic E-state index is 8.55. The van der Waals surface area contributed by atoms with Crippen LogP contribution in [0.25, 0.3) is 0 Å². The van der Waals surface area contributed by atoms with Crippen LogP contribution in [0.5, 0.6) is 0 Å². The van der Waals surface area contributed by atoms with E-state index in [2.05, 4.69) is 27.7 Å². The third kappa shape index (κ3) is 78.9. The van der Waals surface area contributed by atoms with Gasteiger partial charge in [-0.1, -0.05) is 53.4 Å². The summed E-state index contributed by atoms with van der Waals surface area (Å²) in [6, 6.07) is 0. The van der Waals surface area contributed by atoms with Crippen molar-refractivity contribution < 1.29 is 46.6 Å². The fourth-order valence-electron chi connectivity index (χ4n) is 1.67. The Labute approximate surface area is 177 Å². The van der Waals surface area contributed by atoms with Crippen molar-refractivity contribution in [2.24, 2.45) is 0 Å². The van der Waals surface area contributed by atoms with E-state index in [4.69, 9.17) is 20.4 Å². The zero-order valence-electron chi connectivity index (χ0n) is 18.3. The normalized spacial score (nSPS) is 13.9. The Kier molecular flexibility index (Phi) is 47.4. The predicted octanol–water partition coefficient (Wildman–Crippen LogP) is 4.67. The minimum Gasteiger partial charge on any atom is -0.393 e. The molecule has 0 aromatic heterocycles. The van der Waals surface area contributed by atoms with Crippen LogP contribution in [0.3, 0.4) is 0 Å². The molecule has 25 heavy (non-hydrogen) atoms. The largest absolute Gasteiger partial charge is 0.393 e. The van der Waals surface area contributed by atoms with Crippen LogP contribution in [0.15, 0.2) is 0 Å². The molecule has 0 radical (unpaired) electrons. The van der Waals surface area contributed by atoms with Gasteiger partial charge in [-0.25, -0.2) is 0 Å². The molecular weight excluding hydrogens is 395 g/mol. The molecule has 0 saturated carbocycles. The van der Waals surface area contributed by atoms with E-state index in [-0.39, 0.29) is 50.6 Å². The topological polar surface area (TPSA) is 80.9 Å². The summed E-state index contributed by atoms with van der Waals surface area (Å²) in [5.74, 6) is 0. The third-order valence-corrected chi connectivity index (χ3v) is 2.83. The van der Waals surface area contributed by atoms with E-state index in [0.29, 0.717) is 0 Å². The molecule has 0 bridgehead atoms. The molecule has 4 N–H and O–H groups in total. The minimum absolute atomic E-state index is 0. The van der Waals surface area contributed by atoms with Crippen LogP contribution in [0.2, 0.25) is 0 Å². The molecule has 4 nitrogen and oxygen atoms in total. The van der Waals surface area contributed by atoms with Crippen LogP contribution in [-0.4, -0.2) is 44.8 Å². The van der Waals surface area contributed by atoms with Gasteiger partial charge in [0.15, 0.2) is 0 Å². The van der Waals surface area contributed by atoms with Gasteiger partial charge in [-0.2, -0.15) is 0 Å². The first-order valence-corrected chi connectivity index (χ1v) is 9.80. The van der Waals surface area contributed by atoms with Crippen LogP contribution in [-0.2, 0) is 26.2 Å². The first-order chi connectivity index (χ1) is 11.1. The molecule has 0 aliphatic heterocycles. The maximum absolute atomic E-state index is 8.55. The zero-order valence-corrected chi connectivity index (χ0v) is 20.7. The van der Waals surface area contributed by atoms with E-state index >= 15 is 0 Å². The second-order valence-electron chi connectivity index (χ2n) is 6.55. The fraction of sp³-hybridized carbons (Fsp3) is 1.00. The summed E-state index contributed by atoms with van der Waals surface area (Å²) in [6.45, 7) is 15.5. The SMILES string of the molecule is CCCC(C)O.CCCC(C)O.CCCC(C)O.CCCC(C)O.[Zr]. The number of rotatable bonds is 8. The number of hydrogen-bond donors (Lipinski definition) is 4. The van der Waals surface area contributed by atoms with Gasteiger partial charge in [0.1, 0.15) is 0 Å². The van der Waals surface area contributed by atoms with Crippen LogP contribution in [0.1, 0.15) is 107 Å². The third-order valence-electron chi connectivity index (χ3n) is 2.83. The molecule has 0 fully saturated rings. The van der Waals surface area contributed by atoms with Crippen molar-refractivity contribution in [2.75, 3.05) is 0 Å². The molecule has 4 atom stereocenters. The van der Waals surface area contributed by atoms with Gasteiger partial charge in [0.05, 0.1) is 24.4 Å². The summed E-state index contributed by atoms with van der Waals surface area (Å²) in [4.78, 5) is 0. The Morgan fingerprint density at radius 3 is 0.560 bits per heavy atom. The van der Waals surface area contributed by atoms with Crippen LogP contribution < -0.4 is 0 Å². The minimum atomic E-state index is -0.102. The van der Waals surface area contributed by atoms with Crippen LogP contribution >= 0.6 is 0 Å². The Balaban J connectivity index is -0.0000000702. The number of aliphatic hydroxyl groups excluding tert-OH is 4. The second kappa shape index (κ2) is 32.4. The van der Waals surface area contributed by atoms with Crippen molar-refractivity contribution in [1.82, 2.24) is 0 Å². The molecule has 0 amide bonds. The summed E-state index contributed by atoms with van der Waals surface area (Å²) in [6.07, 6.45) is 7.64. The molecular formula is C20H48O4Zr. The van der Waals surface area contributed by atoms with Gasteiger partial charge in [-0.3, -0.25) is 0 Å². The number of aliphatic hydroxyl groups is 4. The summed E-state index contributed by atoms with van der Waals surface area (Å²) < 4.78 is 0. The van der Waals surface area contributed by atoms with Crippen molar-refractivity contribution in [3.8, 4) is 0 Å². The van der Waals surface area contributed by atoms with Crippen molar-refractivity contribution in [3.05, 3.63) is 0 Å². The molecule has 5 heteroatoms. The Morgan fingerprint density at radius 1 is 0.440 bits per heavy atom. The summed E-state index contributed by atoms with van der Waals surface area (Å²) >= 11 is 0. The van der Waals surface area contributed by atoms with E-state index < -0.39 is 0 Å². The van der Waals surface area contributed by atoms with E-state index in [0.717, 1.165) is 51.4 Å². The summed E-state index contributed by atoms with van der Waals surface area (Å²) in [5, 5.41) is 34.2. The van der Waals surface area contributed by atoms with Crippen LogP contribution in [0.4, 0.5) is 0 Å². The maximum Gasteiger partial charge on any atom is 0.0512 e. The second-order valence-corrected chi connectivity index (χ2v) is 6.55. The molecule has 0 aliphatic rings. The number of hydrogen-bond acceptors (Lipinski definition) is 4. The first-order valence-electron chi connectivity index (χ1n) is 9.80. The molecule has 0 saturated heterocycles. The molecule has 0 heterocycles. The van der Waals surface area contributed by atoms with Gasteiger partial charge in [0.25, 0.3) is 0 Å². The van der Waals surface area contributed by atoms with Crippen molar-refractivity contribution >= 4 is 0 Å². The van der Waals surface area contributed by atoms with Gasteiger partial charge in [0.2, 0.25) is 0 Å². The molecule has 4 unspecified atom stereocenters. The fourth-order valence-corrected chi connectivity index (χ4v) is 1.67. The van der Waals surface area contributed by atoms with Crippen molar-refractivity contribution in [2.45, 2.75) is 131 Å². The standard InChI is InChI=1S/4C5H12O.Zr/c4*1-3-4-5(2)6;/h4*5-6H,3-4H2,1-2H3;. The van der Waals surface area contributed by atoms with E-state index in [1.54, 1.807) is 0 Å². The zero-order chi connectivity index (χ0) is 20.0. The van der Waals surface area contributed by atoms with Gasteiger partial charge in [-0.05, 0) is 53.4 Å². The predicted molar refractivity (Wildman–Crippen MR) is 106 cm³/mol. The molecule has 0 aliphatic carbocycles. The van der Waals surface area contributed by atoms with Crippen molar-refractivity contribution in [1.29, 1.82) is 0 Å². The van der Waals surface area contributed by atoms with E-state index in [1.807, 2.05) is 27.7 Å². The Bertz CT molecular complexity index is 147. The van der Waals surface area contributed by atoms with Crippen LogP contribution in [0, 0.1) is 0 Å². The average Bonchev–Trinajstić information content (AvgIpc) is 2.39. The molecule has 0 rings (SSSR count). The molecule has 0 aromatic carbocycles. The molecule has 0 aromatic rings. The van der Waals surface area contributed by atoms with Gasteiger partial charge in [-0.15, -0.1) is 0 Å². The van der Waals surface area contributed by atoms with Gasteiger partial charge in [0, 0.05) is 26.2 Å². The van der Waals surface area contributed by atoms with E-state index in [9.17, 15) is 0 Å². The molecule has 156 valence electrons. The summed E-state index contributed by atoms with van der Waals surface area (Å²) in [7, 11) is 0. The Morgan fingerprint density at radius 2 is 0.560 bits per heavy atom. The van der Waals surface area contributed by atoms with E-state index in [1.165, 1.54) is 0 Å².